The number of aliphatic hydroxyl groups is 4. The minimum absolute atomic E-state index is 0.0736. The summed E-state index contributed by atoms with van der Waals surface area (Å²) in [5.74, 6) is -3.56. The molecular weight excluding hydrogens is 484 g/mol. The molecule has 206 valence electrons. The van der Waals surface area contributed by atoms with E-state index < -0.39 is 76.2 Å². The van der Waals surface area contributed by atoms with E-state index in [1.807, 2.05) is 0 Å². The maximum Gasteiger partial charge on any atom is 0.331 e. The predicted molar refractivity (Wildman–Crippen MR) is 129 cm³/mol. The highest BCUT2D eigenvalue weighted by atomic mass is 16.6. The van der Waals surface area contributed by atoms with Crippen molar-refractivity contribution in [3.8, 4) is 0 Å². The van der Waals surface area contributed by atoms with Crippen molar-refractivity contribution in [3.05, 3.63) is 22.8 Å². The van der Waals surface area contributed by atoms with Gasteiger partial charge in [-0.3, -0.25) is 9.59 Å². The Morgan fingerprint density at radius 1 is 1.11 bits per heavy atom. The first-order valence-electron chi connectivity index (χ1n) is 12.6. The largest absolute Gasteiger partial charge is 0.456 e. The molecule has 10 heteroatoms. The third-order valence-electron chi connectivity index (χ3n) is 9.35. The Kier molecular flexibility index (Phi) is 6.57. The van der Waals surface area contributed by atoms with Crippen molar-refractivity contribution in [1.82, 2.24) is 0 Å². The first-order valence-corrected chi connectivity index (χ1v) is 12.6. The zero-order valence-corrected chi connectivity index (χ0v) is 22.4. The lowest BCUT2D eigenvalue weighted by atomic mass is 9.44. The standard InChI is InChI=1S/C27H38O10/c1-12(2)8-18(31)36-23-21-25(7,16(30)9-17-26(21,11-35-17)37-14(4)28)22(33)20(32)19-13(3)15(29)10-27(23,34)24(19,5)6/h8,15-17,20-21,23,29-30,32,34H,9-11H2,1-7H3/t15-,16-,17+,20+,21-,23-,25+,26-,27+/m0/s1. The summed E-state index contributed by atoms with van der Waals surface area (Å²) in [6.45, 7) is 10.7. The summed E-state index contributed by atoms with van der Waals surface area (Å²) in [7, 11) is 0. The second-order valence-corrected chi connectivity index (χ2v) is 12.1. The number of hydrogen-bond acceptors (Lipinski definition) is 10. The molecule has 9 atom stereocenters. The number of ketones is 1. The van der Waals surface area contributed by atoms with Crippen molar-refractivity contribution >= 4 is 17.7 Å². The number of rotatable bonds is 3. The average Bonchev–Trinajstić information content (AvgIpc) is 2.76. The number of carbonyl (C=O) groups is 3. The molecule has 1 saturated heterocycles. The monoisotopic (exact) mass is 522 g/mol. The zero-order valence-electron chi connectivity index (χ0n) is 22.4. The molecule has 2 bridgehead atoms. The van der Waals surface area contributed by atoms with E-state index in [9.17, 15) is 34.8 Å². The quantitative estimate of drug-likeness (QED) is 0.236. The van der Waals surface area contributed by atoms with Crippen LogP contribution in [0.15, 0.2) is 22.8 Å². The van der Waals surface area contributed by atoms with Gasteiger partial charge in [0.2, 0.25) is 0 Å². The normalized spacial score (nSPS) is 44.4. The van der Waals surface area contributed by atoms with E-state index in [1.165, 1.54) is 19.9 Å². The van der Waals surface area contributed by atoms with Crippen molar-refractivity contribution < 1.29 is 49.0 Å². The highest BCUT2D eigenvalue weighted by Gasteiger charge is 2.77. The van der Waals surface area contributed by atoms with Crippen molar-refractivity contribution in [1.29, 1.82) is 0 Å². The molecule has 1 heterocycles. The fraction of sp³-hybridized carbons (Fsp3) is 0.741. The number of hydrogen-bond donors (Lipinski definition) is 4. The van der Waals surface area contributed by atoms with Gasteiger partial charge in [-0.1, -0.05) is 19.4 Å². The van der Waals surface area contributed by atoms with Crippen LogP contribution >= 0.6 is 0 Å². The molecule has 10 nitrogen and oxygen atoms in total. The summed E-state index contributed by atoms with van der Waals surface area (Å²) in [4.78, 5) is 39.6. The van der Waals surface area contributed by atoms with Crippen LogP contribution in [0.5, 0.6) is 0 Å². The Morgan fingerprint density at radius 3 is 2.24 bits per heavy atom. The van der Waals surface area contributed by atoms with E-state index in [-0.39, 0.29) is 25.0 Å². The third-order valence-corrected chi connectivity index (χ3v) is 9.35. The Hall–Kier alpha value is -2.11. The highest BCUT2D eigenvalue weighted by molar-refractivity contribution is 5.93. The number of allylic oxidation sites excluding steroid dienone is 1. The molecule has 0 aromatic rings. The first kappa shape index (κ1) is 27.9. The SMILES string of the molecule is CC(=O)O[C@@]12CO[C@@H]1C[C@H](O)[C@@]1(C)C(=O)[C@H](O)C3=C(C)[C@@H](O)C[C@@](O)([C@@H](OC(=O)C=C(C)C)[C@H]21)C3(C)C. The van der Waals surface area contributed by atoms with Gasteiger partial charge in [0.1, 0.15) is 23.9 Å². The van der Waals surface area contributed by atoms with Gasteiger partial charge >= 0.3 is 11.9 Å². The Bertz CT molecular complexity index is 1090. The van der Waals surface area contributed by atoms with Crippen LogP contribution in [0.25, 0.3) is 0 Å². The molecule has 2 saturated carbocycles. The minimum atomic E-state index is -2.04. The fourth-order valence-electron chi connectivity index (χ4n) is 7.30. The molecule has 4 aliphatic rings. The summed E-state index contributed by atoms with van der Waals surface area (Å²) in [5, 5.41) is 46.4. The van der Waals surface area contributed by atoms with Crippen LogP contribution in [0.2, 0.25) is 0 Å². The average molecular weight is 523 g/mol. The molecule has 0 aromatic carbocycles. The lowest BCUT2D eigenvalue weighted by Gasteiger charge is -2.67. The van der Waals surface area contributed by atoms with E-state index in [0.29, 0.717) is 11.1 Å². The number of fused-ring (bicyclic) bond motifs is 5. The molecule has 3 fully saturated rings. The zero-order chi connectivity index (χ0) is 27.9. The minimum Gasteiger partial charge on any atom is -0.456 e. The number of ether oxygens (including phenoxy) is 3. The van der Waals surface area contributed by atoms with Crippen LogP contribution in [0.1, 0.15) is 61.3 Å². The Balaban J connectivity index is 2.08. The maximum absolute atomic E-state index is 14.2. The Morgan fingerprint density at radius 2 is 1.73 bits per heavy atom. The van der Waals surface area contributed by atoms with Gasteiger partial charge in [0.15, 0.2) is 11.4 Å². The van der Waals surface area contributed by atoms with E-state index in [2.05, 4.69) is 0 Å². The molecule has 0 spiro atoms. The summed E-state index contributed by atoms with van der Waals surface area (Å²) < 4.78 is 17.5. The molecule has 0 radical (unpaired) electrons. The molecule has 1 aliphatic heterocycles. The van der Waals surface area contributed by atoms with Crippen molar-refractivity contribution in [2.24, 2.45) is 16.7 Å². The Labute approximate surface area is 216 Å². The fourth-order valence-corrected chi connectivity index (χ4v) is 7.30. The molecular formula is C27H38O10. The number of Topliss-reactive ketones (excluding diaryl/α,β-unsaturated/α-hetero) is 1. The third kappa shape index (κ3) is 3.67. The predicted octanol–water partition coefficient (Wildman–Crippen LogP) is 0.734. The van der Waals surface area contributed by atoms with Gasteiger partial charge in [-0.15, -0.1) is 0 Å². The molecule has 0 amide bonds. The topological polar surface area (TPSA) is 160 Å². The van der Waals surface area contributed by atoms with E-state index >= 15 is 0 Å². The lowest BCUT2D eigenvalue weighted by Crippen LogP contribution is -2.81. The van der Waals surface area contributed by atoms with Gasteiger partial charge in [-0.25, -0.2) is 4.79 Å². The van der Waals surface area contributed by atoms with Crippen LogP contribution in [-0.2, 0) is 28.6 Å². The smallest absolute Gasteiger partial charge is 0.331 e. The van der Waals surface area contributed by atoms with Gasteiger partial charge < -0.3 is 34.6 Å². The van der Waals surface area contributed by atoms with E-state index in [1.54, 1.807) is 34.6 Å². The van der Waals surface area contributed by atoms with Gasteiger partial charge in [0.25, 0.3) is 0 Å². The maximum atomic E-state index is 14.2. The summed E-state index contributed by atoms with van der Waals surface area (Å²) in [5.41, 5.74) is -5.69. The molecule has 0 aromatic heterocycles. The van der Waals surface area contributed by atoms with Gasteiger partial charge in [0.05, 0.1) is 30.1 Å². The molecule has 4 rings (SSSR count). The van der Waals surface area contributed by atoms with E-state index in [4.69, 9.17) is 14.2 Å². The first-order chi connectivity index (χ1) is 16.9. The van der Waals surface area contributed by atoms with Crippen LogP contribution in [0.4, 0.5) is 0 Å². The van der Waals surface area contributed by atoms with Gasteiger partial charge in [0, 0.05) is 31.3 Å². The second-order valence-electron chi connectivity index (χ2n) is 12.1. The number of carbonyl (C=O) groups excluding carboxylic acids is 3. The van der Waals surface area contributed by atoms with E-state index in [0.717, 1.165) is 0 Å². The second kappa shape index (κ2) is 8.71. The number of esters is 2. The van der Waals surface area contributed by atoms with Crippen LogP contribution in [0, 0.1) is 16.7 Å². The number of aliphatic hydroxyl groups excluding tert-OH is 3. The van der Waals surface area contributed by atoms with Gasteiger partial charge in [-0.05, 0) is 38.8 Å². The molecule has 37 heavy (non-hydrogen) atoms. The van der Waals surface area contributed by atoms with Crippen molar-refractivity contribution in [2.45, 2.75) is 103 Å². The highest BCUT2D eigenvalue weighted by Crippen LogP contribution is 2.63. The van der Waals surface area contributed by atoms with Crippen molar-refractivity contribution in [3.63, 3.8) is 0 Å². The van der Waals surface area contributed by atoms with Crippen molar-refractivity contribution in [2.75, 3.05) is 6.61 Å². The molecule has 3 aliphatic carbocycles. The molecule has 0 unspecified atom stereocenters. The van der Waals surface area contributed by atoms with Crippen LogP contribution in [-0.4, -0.2) is 86.5 Å². The summed E-state index contributed by atoms with van der Waals surface area (Å²) in [6, 6.07) is 0. The van der Waals surface area contributed by atoms with Gasteiger partial charge in [-0.2, -0.15) is 0 Å². The molecule has 4 N–H and O–H groups in total. The summed E-state index contributed by atoms with van der Waals surface area (Å²) >= 11 is 0. The van der Waals surface area contributed by atoms with Crippen LogP contribution < -0.4 is 0 Å². The van der Waals surface area contributed by atoms with Crippen LogP contribution in [0.3, 0.4) is 0 Å². The lowest BCUT2D eigenvalue weighted by molar-refractivity contribution is -0.347. The summed E-state index contributed by atoms with van der Waals surface area (Å²) in [6.07, 6.45) is -5.91.